The number of hydrogen-bond donors (Lipinski definition) is 2. The first-order valence-corrected chi connectivity index (χ1v) is 14.4. The van der Waals surface area contributed by atoms with Gasteiger partial charge in [-0.15, -0.1) is 0 Å². The molecule has 0 aromatic carbocycles. The zero-order valence-electron chi connectivity index (χ0n) is 19.1. The van der Waals surface area contributed by atoms with E-state index in [2.05, 4.69) is 85.8 Å². The molecule has 6 unspecified atom stereocenters. The fourth-order valence-corrected chi connectivity index (χ4v) is 9.72. The Bertz CT molecular complexity index is 934. The van der Waals surface area contributed by atoms with Crippen molar-refractivity contribution in [2.45, 2.75) is 51.2 Å². The van der Waals surface area contributed by atoms with Gasteiger partial charge in [0.05, 0.1) is 12.6 Å². The molecular weight excluding hydrogens is 640 g/mol. The Morgan fingerprint density at radius 2 is 1.94 bits per heavy atom. The maximum atomic E-state index is 12.1. The number of nitroso groups, excluding NO2 is 1. The molecule has 6 atom stereocenters. The second-order valence-corrected chi connectivity index (χ2v) is 13.4. The molecule has 5 nitrogen and oxygen atoms in total. The molecule has 0 spiro atoms. The molecular formula is C26H33I2N3O2. The minimum Gasteiger partial charge on any atom is -0.387 e. The van der Waals surface area contributed by atoms with Crippen LogP contribution in [-0.2, 0) is 0 Å². The summed E-state index contributed by atoms with van der Waals surface area (Å²) in [4.78, 5) is 16.7. The monoisotopic (exact) mass is 673 g/mol. The van der Waals surface area contributed by atoms with Crippen LogP contribution < -0.4 is 5.32 Å². The first-order chi connectivity index (χ1) is 15.9. The number of rotatable bonds is 8. The van der Waals surface area contributed by atoms with Crippen molar-refractivity contribution >= 4 is 51.4 Å². The summed E-state index contributed by atoms with van der Waals surface area (Å²) in [7, 11) is 0. The van der Waals surface area contributed by atoms with Gasteiger partial charge in [-0.1, -0.05) is 29.0 Å². The predicted octanol–water partition coefficient (Wildman–Crippen LogP) is 5.74. The van der Waals surface area contributed by atoms with Crippen molar-refractivity contribution in [3.8, 4) is 0 Å². The van der Waals surface area contributed by atoms with Gasteiger partial charge in [-0.3, -0.25) is 4.99 Å². The molecule has 6 rings (SSSR count). The third kappa shape index (κ3) is 4.85. The van der Waals surface area contributed by atoms with Gasteiger partial charge in [0.15, 0.2) is 0 Å². The highest BCUT2D eigenvalue weighted by Crippen LogP contribution is 2.68. The van der Waals surface area contributed by atoms with Crippen molar-refractivity contribution in [1.82, 2.24) is 5.32 Å². The van der Waals surface area contributed by atoms with Crippen LogP contribution in [0, 0.1) is 39.9 Å². The average molecular weight is 673 g/mol. The highest BCUT2D eigenvalue weighted by molar-refractivity contribution is 14.1. The van der Waals surface area contributed by atoms with Gasteiger partial charge in [-0.2, -0.15) is 4.91 Å². The molecule has 33 heavy (non-hydrogen) atoms. The van der Waals surface area contributed by atoms with E-state index >= 15 is 0 Å². The van der Waals surface area contributed by atoms with Crippen LogP contribution in [0.2, 0.25) is 0 Å². The molecule has 178 valence electrons. The average Bonchev–Trinajstić information content (AvgIpc) is 3.20. The van der Waals surface area contributed by atoms with Crippen molar-refractivity contribution in [2.24, 2.45) is 45.2 Å². The number of halogens is 2. The van der Waals surface area contributed by atoms with Gasteiger partial charge in [0.2, 0.25) is 0 Å². The fourth-order valence-electron chi connectivity index (χ4n) is 7.53. The lowest BCUT2D eigenvalue weighted by atomic mass is 9.59. The number of nitrogens with zero attached hydrogens (tertiary/aromatic N) is 2. The zero-order valence-corrected chi connectivity index (χ0v) is 23.4. The molecule has 0 aromatic heterocycles. The molecule has 4 bridgehead atoms. The standard InChI is InChI=1S/C26H33I2N3O2/c1-15-4-19(13-29-2-3-30-14-20-8-21(27)9-23(28)25(20)32)24(31-33)22(5-15)26-10-16-6-17(11-26)18(7-16)12-26/h4-5,8-9,13,16-18,20,22,24-25,30,32H,2-3,6-7,10-12,14H2,1H3/b29-13+. The topological polar surface area (TPSA) is 74.0 Å². The maximum absolute atomic E-state index is 12.1. The third-order valence-corrected chi connectivity index (χ3v) is 10.3. The Labute approximate surface area is 224 Å². The quantitative estimate of drug-likeness (QED) is 0.150. The van der Waals surface area contributed by atoms with Crippen molar-refractivity contribution in [2.75, 3.05) is 19.6 Å². The summed E-state index contributed by atoms with van der Waals surface area (Å²) < 4.78 is 2.16. The van der Waals surface area contributed by atoms with Gasteiger partial charge in [0.25, 0.3) is 0 Å². The summed E-state index contributed by atoms with van der Waals surface area (Å²) in [5.41, 5.74) is 2.50. The lowest BCUT2D eigenvalue weighted by Crippen LogP contribution is -2.41. The number of allylic oxidation sites excluding steroid dienone is 4. The van der Waals surface area contributed by atoms with Gasteiger partial charge >= 0.3 is 0 Å². The van der Waals surface area contributed by atoms with E-state index in [9.17, 15) is 10.0 Å². The van der Waals surface area contributed by atoms with Crippen LogP contribution in [0.1, 0.15) is 39.0 Å². The molecule has 6 aliphatic rings. The van der Waals surface area contributed by atoms with Gasteiger partial charge in [-0.05, 0) is 119 Å². The predicted molar refractivity (Wildman–Crippen MR) is 151 cm³/mol. The number of aliphatic hydroxyl groups excluding tert-OH is 1. The van der Waals surface area contributed by atoms with Crippen molar-refractivity contribution in [1.29, 1.82) is 0 Å². The van der Waals surface area contributed by atoms with Crippen LogP contribution in [0.5, 0.6) is 0 Å². The van der Waals surface area contributed by atoms with Crippen molar-refractivity contribution in [3.63, 3.8) is 0 Å². The van der Waals surface area contributed by atoms with Crippen molar-refractivity contribution in [3.05, 3.63) is 47.5 Å². The first kappa shape index (κ1) is 24.3. The molecule has 0 heterocycles. The van der Waals surface area contributed by atoms with E-state index in [1.54, 1.807) is 0 Å². The number of aliphatic imine (C=N–C) groups is 1. The maximum Gasteiger partial charge on any atom is 0.125 e. The largest absolute Gasteiger partial charge is 0.387 e. The first-order valence-electron chi connectivity index (χ1n) is 12.2. The van der Waals surface area contributed by atoms with Gasteiger partial charge in [0.1, 0.15) is 6.04 Å². The van der Waals surface area contributed by atoms with Crippen LogP contribution in [-0.4, -0.2) is 43.1 Å². The molecule has 0 aromatic rings. The SMILES string of the molecule is CC1=CC(C23CC4CC(C2)C(C4)C3)C(N=O)C(/C=N/CCNCC2C=C(I)C=C(I)C2O)=C1. The van der Waals surface area contributed by atoms with Gasteiger partial charge in [0, 0.05) is 38.3 Å². The third-order valence-electron chi connectivity index (χ3n) is 8.69. The van der Waals surface area contributed by atoms with E-state index in [-0.39, 0.29) is 23.3 Å². The van der Waals surface area contributed by atoms with Crippen LogP contribution in [0.3, 0.4) is 0 Å². The van der Waals surface area contributed by atoms with E-state index in [0.717, 1.165) is 40.0 Å². The molecule has 0 saturated heterocycles. The summed E-state index contributed by atoms with van der Waals surface area (Å²) >= 11 is 4.52. The number of hydrogen-bond acceptors (Lipinski definition) is 5. The Hall–Kier alpha value is -0.390. The number of nitrogens with one attached hydrogen (secondary N) is 1. The smallest absolute Gasteiger partial charge is 0.125 e. The van der Waals surface area contributed by atoms with Gasteiger partial charge < -0.3 is 10.4 Å². The van der Waals surface area contributed by atoms with E-state index in [0.29, 0.717) is 6.54 Å². The van der Waals surface area contributed by atoms with Crippen molar-refractivity contribution < 1.29 is 5.11 Å². The lowest BCUT2D eigenvalue weighted by molar-refractivity contribution is 0.0844. The Balaban J connectivity index is 1.17. The fraction of sp³-hybridized carbons (Fsp3) is 0.654. The normalized spacial score (nSPS) is 41.8. The van der Waals surface area contributed by atoms with Gasteiger partial charge in [-0.25, -0.2) is 0 Å². The Kier molecular flexibility index (Phi) is 7.32. The van der Waals surface area contributed by atoms with E-state index in [4.69, 9.17) is 0 Å². The van der Waals surface area contributed by atoms with Crippen LogP contribution >= 0.6 is 45.2 Å². The van der Waals surface area contributed by atoms with E-state index < -0.39 is 6.10 Å². The Morgan fingerprint density at radius 3 is 2.64 bits per heavy atom. The second kappa shape index (κ2) is 9.93. The number of aliphatic hydroxyl groups is 1. The zero-order chi connectivity index (χ0) is 23.2. The highest BCUT2D eigenvalue weighted by Gasteiger charge is 2.59. The van der Waals surface area contributed by atoms with E-state index in [1.165, 1.54) is 41.3 Å². The Morgan fingerprint density at radius 1 is 1.18 bits per heavy atom. The van der Waals surface area contributed by atoms with E-state index in [1.807, 2.05) is 12.3 Å². The molecule has 2 N–H and O–H groups in total. The van der Waals surface area contributed by atoms with Crippen LogP contribution in [0.15, 0.2) is 52.8 Å². The molecule has 6 aliphatic carbocycles. The summed E-state index contributed by atoms with van der Waals surface area (Å²) in [5.74, 6) is 2.97. The highest BCUT2D eigenvalue weighted by atomic mass is 127. The molecule has 0 aliphatic heterocycles. The minimum atomic E-state index is -0.431. The molecule has 0 amide bonds. The minimum absolute atomic E-state index is 0.0900. The summed E-state index contributed by atoms with van der Waals surface area (Å²) in [5, 5.41) is 17.4. The molecule has 0 radical (unpaired) electrons. The lowest BCUT2D eigenvalue weighted by Gasteiger charge is -2.46. The van der Waals surface area contributed by atoms with Crippen LogP contribution in [0.25, 0.3) is 0 Å². The second-order valence-electron chi connectivity index (χ2n) is 10.9. The summed E-state index contributed by atoms with van der Waals surface area (Å²) in [6.45, 7) is 4.26. The van der Waals surface area contributed by atoms with Crippen LogP contribution in [0.4, 0.5) is 0 Å². The summed E-state index contributed by atoms with van der Waals surface area (Å²) in [6.07, 6.45) is 16.7. The molecule has 7 heteroatoms. The molecule has 4 fully saturated rings. The molecule has 4 saturated carbocycles. The summed E-state index contributed by atoms with van der Waals surface area (Å²) in [6, 6.07) is -0.305.